The summed E-state index contributed by atoms with van der Waals surface area (Å²) in [6.07, 6.45) is 0. The first-order chi connectivity index (χ1) is 6.06. The Kier molecular flexibility index (Phi) is 2.69. The van der Waals surface area contributed by atoms with Gasteiger partial charge in [0.05, 0.1) is 4.92 Å². The number of hydrogen-bond acceptors (Lipinski definition) is 4. The summed E-state index contributed by atoms with van der Waals surface area (Å²) in [7, 11) is 0. The lowest BCUT2D eigenvalue weighted by molar-refractivity contribution is -0.385. The van der Waals surface area contributed by atoms with E-state index in [-0.39, 0.29) is 17.1 Å². The maximum atomic E-state index is 10.4. The molecule has 70 valence electrons. The minimum Gasteiger partial charge on any atom is -0.502 e. The molecule has 0 aromatic heterocycles. The average molecular weight is 203 g/mol. The zero-order valence-electron chi connectivity index (χ0n) is 6.53. The van der Waals surface area contributed by atoms with Crippen molar-refractivity contribution in [3.8, 4) is 5.75 Å². The summed E-state index contributed by atoms with van der Waals surface area (Å²) in [5.41, 5.74) is 5.09. The number of benzene rings is 1. The lowest BCUT2D eigenvalue weighted by Gasteiger charge is -2.02. The van der Waals surface area contributed by atoms with Crippen LogP contribution in [-0.2, 0) is 6.54 Å². The van der Waals surface area contributed by atoms with Crippen molar-refractivity contribution in [3.63, 3.8) is 0 Å². The Bertz CT molecular complexity index is 354. The highest BCUT2D eigenvalue weighted by Crippen LogP contribution is 2.32. The Labute approximate surface area is 78.9 Å². The van der Waals surface area contributed by atoms with Crippen LogP contribution in [0.1, 0.15) is 5.56 Å². The molecule has 1 rings (SSSR count). The molecule has 0 unspecified atom stereocenters. The molecule has 0 spiro atoms. The molecule has 0 heterocycles. The molecule has 0 aliphatic carbocycles. The standard InChI is InChI=1S/C7H7ClN2O3/c8-5-1-4(3-9)7(11)6(2-5)10(12)13/h1-2,11H,3,9H2. The van der Waals surface area contributed by atoms with E-state index in [1.165, 1.54) is 6.07 Å². The van der Waals surface area contributed by atoms with Gasteiger partial charge in [0.25, 0.3) is 0 Å². The highest BCUT2D eigenvalue weighted by molar-refractivity contribution is 6.31. The van der Waals surface area contributed by atoms with Crippen molar-refractivity contribution in [1.82, 2.24) is 0 Å². The molecule has 0 aliphatic heterocycles. The smallest absolute Gasteiger partial charge is 0.312 e. The highest BCUT2D eigenvalue weighted by atomic mass is 35.5. The van der Waals surface area contributed by atoms with Crippen LogP contribution in [0.15, 0.2) is 12.1 Å². The molecule has 13 heavy (non-hydrogen) atoms. The van der Waals surface area contributed by atoms with Gasteiger partial charge in [0.1, 0.15) is 0 Å². The number of hydrogen-bond donors (Lipinski definition) is 2. The van der Waals surface area contributed by atoms with Crippen molar-refractivity contribution < 1.29 is 10.0 Å². The van der Waals surface area contributed by atoms with E-state index >= 15 is 0 Å². The van der Waals surface area contributed by atoms with Crippen molar-refractivity contribution in [2.24, 2.45) is 5.73 Å². The van der Waals surface area contributed by atoms with Crippen LogP contribution in [0.4, 0.5) is 5.69 Å². The van der Waals surface area contributed by atoms with Crippen molar-refractivity contribution >= 4 is 17.3 Å². The largest absolute Gasteiger partial charge is 0.502 e. The molecule has 0 saturated carbocycles. The van der Waals surface area contributed by atoms with E-state index in [1.54, 1.807) is 0 Å². The van der Waals surface area contributed by atoms with E-state index < -0.39 is 16.4 Å². The maximum Gasteiger partial charge on any atom is 0.312 e. The van der Waals surface area contributed by atoms with Gasteiger partial charge in [-0.1, -0.05) is 11.6 Å². The Morgan fingerprint density at radius 1 is 1.62 bits per heavy atom. The van der Waals surface area contributed by atoms with E-state index in [0.29, 0.717) is 0 Å². The molecule has 0 saturated heterocycles. The fourth-order valence-corrected chi connectivity index (χ4v) is 1.17. The van der Waals surface area contributed by atoms with E-state index in [4.69, 9.17) is 17.3 Å². The normalized spacial score (nSPS) is 10.0. The minimum atomic E-state index is -0.708. The van der Waals surface area contributed by atoms with Gasteiger partial charge >= 0.3 is 5.69 Å². The van der Waals surface area contributed by atoms with Crippen LogP contribution < -0.4 is 5.73 Å². The van der Waals surface area contributed by atoms with Gasteiger partial charge in [-0.25, -0.2) is 0 Å². The van der Waals surface area contributed by atoms with E-state index in [9.17, 15) is 15.2 Å². The topological polar surface area (TPSA) is 89.4 Å². The van der Waals surface area contributed by atoms with Crippen molar-refractivity contribution in [2.45, 2.75) is 6.54 Å². The number of rotatable bonds is 2. The number of halogens is 1. The molecule has 0 bridgehead atoms. The van der Waals surface area contributed by atoms with E-state index in [1.807, 2.05) is 0 Å². The SMILES string of the molecule is NCc1cc(Cl)cc([N+](=O)[O-])c1O. The van der Waals surface area contributed by atoms with Crippen LogP contribution >= 0.6 is 11.6 Å². The molecule has 0 atom stereocenters. The molecule has 0 radical (unpaired) electrons. The zero-order chi connectivity index (χ0) is 10.0. The third kappa shape index (κ3) is 1.88. The lowest BCUT2D eigenvalue weighted by atomic mass is 10.2. The van der Waals surface area contributed by atoms with Crippen molar-refractivity contribution in [3.05, 3.63) is 32.8 Å². The third-order valence-corrected chi connectivity index (χ3v) is 1.77. The van der Waals surface area contributed by atoms with Crippen LogP contribution in [0.5, 0.6) is 5.75 Å². The monoisotopic (exact) mass is 202 g/mol. The van der Waals surface area contributed by atoms with Gasteiger partial charge in [-0.05, 0) is 6.07 Å². The molecular formula is C7H7ClN2O3. The molecule has 0 aliphatic rings. The summed E-state index contributed by atoms with van der Waals surface area (Å²) in [5, 5.41) is 19.9. The van der Waals surface area contributed by atoms with Gasteiger partial charge in [-0.15, -0.1) is 0 Å². The number of aromatic hydroxyl groups is 1. The summed E-state index contributed by atoms with van der Waals surface area (Å²) in [6.45, 7) is 0.00718. The number of phenolic OH excluding ortho intramolecular Hbond substituents is 1. The molecule has 6 heteroatoms. The van der Waals surface area contributed by atoms with E-state index in [0.717, 1.165) is 6.07 Å². The maximum absolute atomic E-state index is 10.4. The predicted molar refractivity (Wildman–Crippen MR) is 47.7 cm³/mol. The second kappa shape index (κ2) is 3.59. The van der Waals surface area contributed by atoms with Gasteiger partial charge in [-0.3, -0.25) is 10.1 Å². The minimum absolute atomic E-state index is 0.00718. The van der Waals surface area contributed by atoms with Gasteiger partial charge in [0, 0.05) is 23.2 Å². The van der Waals surface area contributed by atoms with Crippen molar-refractivity contribution in [2.75, 3.05) is 0 Å². The van der Waals surface area contributed by atoms with Crippen LogP contribution in [0.3, 0.4) is 0 Å². The second-order valence-corrected chi connectivity index (χ2v) is 2.83. The second-order valence-electron chi connectivity index (χ2n) is 2.39. The average Bonchev–Trinajstić information content (AvgIpc) is 2.08. The van der Waals surface area contributed by atoms with E-state index in [2.05, 4.69) is 0 Å². The van der Waals surface area contributed by atoms with Gasteiger partial charge in [-0.2, -0.15) is 0 Å². The first-order valence-electron chi connectivity index (χ1n) is 3.42. The molecular weight excluding hydrogens is 196 g/mol. The first-order valence-corrected chi connectivity index (χ1v) is 3.80. The van der Waals surface area contributed by atoms with Gasteiger partial charge < -0.3 is 10.8 Å². The number of phenols is 1. The van der Waals surface area contributed by atoms with Crippen LogP contribution in [0, 0.1) is 10.1 Å². The Morgan fingerprint density at radius 2 is 2.23 bits per heavy atom. The molecule has 1 aromatic rings. The highest BCUT2D eigenvalue weighted by Gasteiger charge is 2.17. The molecule has 0 fully saturated rings. The summed E-state index contributed by atoms with van der Waals surface area (Å²) >= 11 is 5.57. The number of nitro groups is 1. The lowest BCUT2D eigenvalue weighted by Crippen LogP contribution is -1.99. The van der Waals surface area contributed by atoms with Crippen LogP contribution in [-0.4, -0.2) is 10.0 Å². The number of nitro benzene ring substituents is 1. The predicted octanol–water partition coefficient (Wildman–Crippen LogP) is 1.41. The molecule has 1 aromatic carbocycles. The summed E-state index contributed by atoms with van der Waals surface area (Å²) in [6, 6.07) is 2.47. The summed E-state index contributed by atoms with van der Waals surface area (Å²) < 4.78 is 0. The zero-order valence-corrected chi connectivity index (χ0v) is 7.28. The summed E-state index contributed by atoms with van der Waals surface area (Å²) in [4.78, 5) is 9.68. The quantitative estimate of drug-likeness (QED) is 0.561. The van der Waals surface area contributed by atoms with Crippen LogP contribution in [0.25, 0.3) is 0 Å². The fourth-order valence-electron chi connectivity index (χ4n) is 0.935. The third-order valence-electron chi connectivity index (χ3n) is 1.55. The molecule has 3 N–H and O–H groups in total. The van der Waals surface area contributed by atoms with Gasteiger partial charge in [0.15, 0.2) is 5.75 Å². The number of nitrogens with zero attached hydrogens (tertiary/aromatic N) is 1. The summed E-state index contributed by atoms with van der Waals surface area (Å²) in [5.74, 6) is -0.420. The fraction of sp³-hybridized carbons (Fsp3) is 0.143. The van der Waals surface area contributed by atoms with Gasteiger partial charge in [0.2, 0.25) is 0 Å². The van der Waals surface area contributed by atoms with Crippen molar-refractivity contribution in [1.29, 1.82) is 0 Å². The Balaban J connectivity index is 3.35. The Hall–Kier alpha value is -1.33. The molecule has 5 nitrogen and oxygen atoms in total. The number of nitrogens with two attached hydrogens (primary N) is 1. The van der Waals surface area contributed by atoms with Crippen LogP contribution in [0.2, 0.25) is 5.02 Å². The first kappa shape index (κ1) is 9.76. The Morgan fingerprint density at radius 3 is 2.69 bits per heavy atom. The molecule has 0 amide bonds.